The Bertz CT molecular complexity index is 316. The van der Waals surface area contributed by atoms with E-state index in [1.54, 1.807) is 0 Å². The van der Waals surface area contributed by atoms with E-state index in [0.717, 1.165) is 30.1 Å². The molecular weight excluding hydrogens is 355 g/mol. The van der Waals surface area contributed by atoms with Gasteiger partial charge in [-0.2, -0.15) is 0 Å². The molecule has 0 spiro atoms. The van der Waals surface area contributed by atoms with Crippen molar-refractivity contribution < 1.29 is 14.3 Å². The molecule has 0 saturated heterocycles. The van der Waals surface area contributed by atoms with Gasteiger partial charge >= 0.3 is 5.97 Å². The second kappa shape index (κ2) is 5.88. The van der Waals surface area contributed by atoms with Crippen molar-refractivity contribution in [1.29, 1.82) is 0 Å². The van der Waals surface area contributed by atoms with Gasteiger partial charge in [0.15, 0.2) is 6.79 Å². The number of esters is 1. The van der Waals surface area contributed by atoms with Gasteiger partial charge in [-0.15, -0.1) is 0 Å². The van der Waals surface area contributed by atoms with E-state index < -0.39 is 0 Å². The number of halogens is 1. The highest BCUT2D eigenvalue weighted by Crippen LogP contribution is 2.54. The molecular formula is C15H23IO3. The van der Waals surface area contributed by atoms with Gasteiger partial charge in [-0.3, -0.25) is 4.79 Å². The summed E-state index contributed by atoms with van der Waals surface area (Å²) >= 11 is 2.13. The quantitative estimate of drug-likeness (QED) is 0.318. The Hall–Kier alpha value is 0.160. The van der Waals surface area contributed by atoms with Crippen molar-refractivity contribution in [3.05, 3.63) is 0 Å². The molecule has 4 rings (SSSR count). The van der Waals surface area contributed by atoms with Crippen LogP contribution in [0.3, 0.4) is 0 Å². The van der Waals surface area contributed by atoms with E-state index in [9.17, 15) is 4.79 Å². The average molecular weight is 378 g/mol. The highest BCUT2D eigenvalue weighted by Gasteiger charge is 2.48. The third kappa shape index (κ3) is 2.94. The molecule has 3 nitrogen and oxygen atoms in total. The van der Waals surface area contributed by atoms with Crippen molar-refractivity contribution in [2.24, 2.45) is 23.7 Å². The molecule has 0 radical (unpaired) electrons. The first-order chi connectivity index (χ1) is 9.17. The van der Waals surface area contributed by atoms with E-state index in [2.05, 4.69) is 22.6 Å². The fourth-order valence-corrected chi connectivity index (χ4v) is 4.75. The van der Waals surface area contributed by atoms with E-state index in [1.165, 1.54) is 32.1 Å². The number of carbonyl (C=O) groups excluding carboxylic acids is 1. The molecule has 4 aliphatic rings. The van der Waals surface area contributed by atoms with Crippen LogP contribution in [0, 0.1) is 23.7 Å². The minimum absolute atomic E-state index is 0.0419. The molecule has 4 bridgehead atoms. The van der Waals surface area contributed by atoms with E-state index in [-0.39, 0.29) is 16.7 Å². The Labute approximate surface area is 128 Å². The fourth-order valence-electron chi connectivity index (χ4n) is 4.58. The summed E-state index contributed by atoms with van der Waals surface area (Å²) in [5.41, 5.74) is 0. The smallest absolute Gasteiger partial charge is 0.320 e. The minimum atomic E-state index is -0.132. The molecule has 1 unspecified atom stereocenters. The van der Waals surface area contributed by atoms with Crippen LogP contribution in [-0.4, -0.2) is 22.8 Å². The Balaban J connectivity index is 1.47. The number of hydrogen-bond donors (Lipinski definition) is 0. The Morgan fingerprint density at radius 2 is 1.74 bits per heavy atom. The lowest BCUT2D eigenvalue weighted by Gasteiger charge is -2.53. The zero-order chi connectivity index (χ0) is 13.4. The highest BCUT2D eigenvalue weighted by atomic mass is 127. The third-order valence-electron chi connectivity index (χ3n) is 5.22. The van der Waals surface area contributed by atoms with Gasteiger partial charge in [0.1, 0.15) is 3.92 Å². The topological polar surface area (TPSA) is 35.5 Å². The van der Waals surface area contributed by atoms with Gasteiger partial charge in [0.2, 0.25) is 0 Å². The maximum absolute atomic E-state index is 11.6. The van der Waals surface area contributed by atoms with E-state index in [0.29, 0.717) is 6.10 Å². The number of carbonyl (C=O) groups is 1. The van der Waals surface area contributed by atoms with E-state index >= 15 is 0 Å². The summed E-state index contributed by atoms with van der Waals surface area (Å²) in [5.74, 6) is 3.26. The van der Waals surface area contributed by atoms with Crippen LogP contribution < -0.4 is 0 Å². The SMILES string of the molecule is CCC(I)C(=O)OCOC1C2CC3CC(C2)CC1C3. The monoisotopic (exact) mass is 378 g/mol. The lowest BCUT2D eigenvalue weighted by atomic mass is 9.55. The number of ether oxygens (including phenoxy) is 2. The normalized spacial score (nSPS) is 41.3. The van der Waals surface area contributed by atoms with Crippen LogP contribution >= 0.6 is 22.6 Å². The second-order valence-electron chi connectivity index (χ2n) is 6.52. The zero-order valence-electron chi connectivity index (χ0n) is 11.5. The molecule has 0 aromatic carbocycles. The van der Waals surface area contributed by atoms with E-state index in [4.69, 9.17) is 9.47 Å². The second-order valence-corrected chi connectivity index (χ2v) is 8.02. The van der Waals surface area contributed by atoms with Gasteiger partial charge in [0.25, 0.3) is 0 Å². The maximum Gasteiger partial charge on any atom is 0.320 e. The predicted molar refractivity (Wildman–Crippen MR) is 81.0 cm³/mol. The van der Waals surface area contributed by atoms with Crippen LogP contribution in [0.1, 0.15) is 45.4 Å². The van der Waals surface area contributed by atoms with Crippen LogP contribution in [-0.2, 0) is 14.3 Å². The Kier molecular flexibility index (Phi) is 4.37. The Morgan fingerprint density at radius 1 is 1.16 bits per heavy atom. The Morgan fingerprint density at radius 3 is 2.26 bits per heavy atom. The standard InChI is InChI=1S/C15H23IO3/c1-2-13(16)15(17)19-8-18-14-11-4-9-3-10(6-11)7-12(14)5-9/h9-14H,2-8H2,1H3. The average Bonchev–Trinajstić information content (AvgIpc) is 2.39. The van der Waals surface area contributed by atoms with Crippen molar-refractivity contribution in [2.75, 3.05) is 6.79 Å². The maximum atomic E-state index is 11.6. The summed E-state index contributed by atoms with van der Waals surface area (Å²) in [4.78, 5) is 11.6. The van der Waals surface area contributed by atoms with Gasteiger partial charge in [0.05, 0.1) is 6.10 Å². The first kappa shape index (κ1) is 14.1. The van der Waals surface area contributed by atoms with E-state index in [1.807, 2.05) is 6.92 Å². The number of rotatable bonds is 5. The molecule has 4 saturated carbocycles. The molecule has 0 heterocycles. The molecule has 108 valence electrons. The van der Waals surface area contributed by atoms with Crippen molar-refractivity contribution in [1.82, 2.24) is 0 Å². The van der Waals surface area contributed by atoms with Gasteiger partial charge in [0, 0.05) is 0 Å². The molecule has 4 heteroatoms. The number of alkyl halides is 1. The van der Waals surface area contributed by atoms with Gasteiger partial charge < -0.3 is 9.47 Å². The predicted octanol–water partition coefficient (Wildman–Crippen LogP) is 3.54. The van der Waals surface area contributed by atoms with Gasteiger partial charge in [-0.25, -0.2) is 0 Å². The van der Waals surface area contributed by atoms with Gasteiger partial charge in [-0.1, -0.05) is 29.5 Å². The molecule has 0 aliphatic heterocycles. The molecule has 1 atom stereocenters. The molecule has 19 heavy (non-hydrogen) atoms. The number of hydrogen-bond acceptors (Lipinski definition) is 3. The summed E-state index contributed by atoms with van der Waals surface area (Å²) in [6, 6.07) is 0. The van der Waals surface area contributed by atoms with Crippen LogP contribution in [0.25, 0.3) is 0 Å². The molecule has 4 fully saturated rings. The molecule has 0 aromatic rings. The molecule has 4 aliphatic carbocycles. The van der Waals surface area contributed by atoms with Crippen molar-refractivity contribution in [3.8, 4) is 0 Å². The molecule has 0 aromatic heterocycles. The van der Waals surface area contributed by atoms with Crippen LogP contribution in [0.4, 0.5) is 0 Å². The lowest BCUT2D eigenvalue weighted by Crippen LogP contribution is -2.49. The molecule has 0 N–H and O–H groups in total. The van der Waals surface area contributed by atoms with Crippen molar-refractivity contribution in [2.45, 2.75) is 55.5 Å². The fraction of sp³-hybridized carbons (Fsp3) is 0.933. The summed E-state index contributed by atoms with van der Waals surface area (Å²) < 4.78 is 11.1. The van der Waals surface area contributed by atoms with Crippen molar-refractivity contribution >= 4 is 28.6 Å². The third-order valence-corrected chi connectivity index (χ3v) is 6.61. The summed E-state index contributed by atoms with van der Waals surface area (Å²) in [6.07, 6.45) is 8.00. The summed E-state index contributed by atoms with van der Waals surface area (Å²) in [6.45, 7) is 2.16. The highest BCUT2D eigenvalue weighted by molar-refractivity contribution is 14.1. The van der Waals surface area contributed by atoms with Crippen LogP contribution in [0.5, 0.6) is 0 Å². The first-order valence-electron chi connectivity index (χ1n) is 7.59. The first-order valence-corrected chi connectivity index (χ1v) is 8.84. The zero-order valence-corrected chi connectivity index (χ0v) is 13.7. The largest absolute Gasteiger partial charge is 0.438 e. The lowest BCUT2D eigenvalue weighted by molar-refractivity contribution is -0.185. The van der Waals surface area contributed by atoms with Gasteiger partial charge in [-0.05, 0) is 62.2 Å². The minimum Gasteiger partial charge on any atom is -0.438 e. The molecule has 0 amide bonds. The van der Waals surface area contributed by atoms with Crippen molar-refractivity contribution in [3.63, 3.8) is 0 Å². The summed E-state index contributed by atoms with van der Waals surface area (Å²) in [5, 5.41) is 0. The van der Waals surface area contributed by atoms with Crippen LogP contribution in [0.2, 0.25) is 0 Å². The summed E-state index contributed by atoms with van der Waals surface area (Å²) in [7, 11) is 0. The van der Waals surface area contributed by atoms with Crippen LogP contribution in [0.15, 0.2) is 0 Å².